The predicted octanol–water partition coefficient (Wildman–Crippen LogP) is 5.13. The van der Waals surface area contributed by atoms with Gasteiger partial charge in [-0.15, -0.1) is 0 Å². The van der Waals surface area contributed by atoms with E-state index >= 15 is 0 Å². The fourth-order valence-corrected chi connectivity index (χ4v) is 7.29. The van der Waals surface area contributed by atoms with Gasteiger partial charge in [-0.1, -0.05) is 71.6 Å². The van der Waals surface area contributed by atoms with Gasteiger partial charge in [-0.3, -0.25) is 9.13 Å². The van der Waals surface area contributed by atoms with Gasteiger partial charge in [0.05, 0.1) is 25.0 Å². The zero-order chi connectivity index (χ0) is 22.0. The van der Waals surface area contributed by atoms with Crippen LogP contribution in [0.4, 0.5) is 0 Å². The van der Waals surface area contributed by atoms with Crippen LogP contribution < -0.4 is 5.73 Å². The van der Waals surface area contributed by atoms with Crippen molar-refractivity contribution in [3.63, 3.8) is 0 Å². The van der Waals surface area contributed by atoms with E-state index in [0.717, 1.165) is 44.9 Å². The molecule has 4 N–H and O–H groups in total. The van der Waals surface area contributed by atoms with Crippen molar-refractivity contribution in [3.05, 3.63) is 0 Å². The zero-order valence-electron chi connectivity index (χ0n) is 18.6. The van der Waals surface area contributed by atoms with Gasteiger partial charge < -0.3 is 24.8 Å². The average Bonchev–Trinajstić information content (AvgIpc) is 2.67. The SMILES string of the molecule is CCCCCCCCOC[C@H](CP(=O)(O)OCCN)P(=O)(O)CCCCCCC. The van der Waals surface area contributed by atoms with E-state index in [1.807, 2.05) is 0 Å². The maximum atomic E-state index is 12.9. The predicted molar refractivity (Wildman–Crippen MR) is 121 cm³/mol. The molecule has 176 valence electrons. The molecule has 2 unspecified atom stereocenters. The lowest BCUT2D eigenvalue weighted by Gasteiger charge is -2.25. The van der Waals surface area contributed by atoms with E-state index in [4.69, 9.17) is 15.0 Å². The standard InChI is InChI=1S/C20H45NO6P2/c1-3-5-7-9-10-12-15-26-18-20(19-29(24,25)27-16-14-21)28(22,23)17-13-11-8-6-4-2/h20H,3-19,21H2,1-2H3,(H,22,23)(H,24,25)/t20-/m1/s1. The van der Waals surface area contributed by atoms with E-state index in [1.54, 1.807) is 0 Å². The molecule has 0 bridgehead atoms. The molecule has 9 heteroatoms. The van der Waals surface area contributed by atoms with E-state index in [9.17, 15) is 18.9 Å². The summed E-state index contributed by atoms with van der Waals surface area (Å²) >= 11 is 0. The first kappa shape index (κ1) is 29.3. The van der Waals surface area contributed by atoms with Crippen molar-refractivity contribution in [2.75, 3.05) is 38.7 Å². The van der Waals surface area contributed by atoms with Gasteiger partial charge in [0, 0.05) is 19.3 Å². The van der Waals surface area contributed by atoms with Crippen molar-refractivity contribution in [2.45, 2.75) is 90.1 Å². The lowest BCUT2D eigenvalue weighted by atomic mass is 10.1. The molecule has 0 aromatic rings. The monoisotopic (exact) mass is 457 g/mol. The molecule has 0 rings (SSSR count). The lowest BCUT2D eigenvalue weighted by molar-refractivity contribution is 0.128. The van der Waals surface area contributed by atoms with E-state index in [0.29, 0.717) is 13.0 Å². The summed E-state index contributed by atoms with van der Waals surface area (Å²) in [6, 6.07) is 0. The fourth-order valence-electron chi connectivity index (χ4n) is 3.14. The Morgan fingerprint density at radius 2 is 1.38 bits per heavy atom. The minimum Gasteiger partial charge on any atom is -0.381 e. The number of rotatable bonds is 21. The van der Waals surface area contributed by atoms with E-state index in [2.05, 4.69) is 13.8 Å². The third-order valence-corrected chi connectivity index (χ3v) is 9.16. The molecule has 7 nitrogen and oxygen atoms in total. The van der Waals surface area contributed by atoms with Crippen molar-refractivity contribution in [1.29, 1.82) is 0 Å². The third-order valence-electron chi connectivity index (χ3n) is 4.96. The van der Waals surface area contributed by atoms with Crippen molar-refractivity contribution < 1.29 is 28.2 Å². The summed E-state index contributed by atoms with van der Waals surface area (Å²) in [7, 11) is -7.60. The van der Waals surface area contributed by atoms with Crippen LogP contribution in [0.3, 0.4) is 0 Å². The van der Waals surface area contributed by atoms with Gasteiger partial charge in [-0.25, -0.2) is 0 Å². The summed E-state index contributed by atoms with van der Waals surface area (Å²) in [5, 5.41) is 0. The Balaban J connectivity index is 4.58. The largest absolute Gasteiger partial charge is 0.381 e. The molecule has 0 radical (unpaired) electrons. The quantitative estimate of drug-likeness (QED) is 0.161. The second-order valence-corrected chi connectivity index (χ2v) is 12.4. The van der Waals surface area contributed by atoms with Crippen LogP contribution in [0.15, 0.2) is 0 Å². The Morgan fingerprint density at radius 1 is 0.828 bits per heavy atom. The van der Waals surface area contributed by atoms with Gasteiger partial charge in [0.15, 0.2) is 0 Å². The van der Waals surface area contributed by atoms with Crippen LogP contribution in [0, 0.1) is 0 Å². The van der Waals surface area contributed by atoms with Gasteiger partial charge in [0.2, 0.25) is 7.37 Å². The molecule has 0 saturated heterocycles. The molecule has 0 aliphatic rings. The Labute approximate surface area is 178 Å². The zero-order valence-corrected chi connectivity index (χ0v) is 20.4. The van der Waals surface area contributed by atoms with E-state index < -0.39 is 20.6 Å². The highest BCUT2D eigenvalue weighted by atomic mass is 31.2. The molecular formula is C20H45NO6P2. The van der Waals surface area contributed by atoms with Crippen molar-refractivity contribution >= 4 is 15.0 Å². The first-order valence-corrected chi connectivity index (χ1v) is 15.0. The molecule has 0 saturated carbocycles. The highest BCUT2D eigenvalue weighted by molar-refractivity contribution is 7.61. The second kappa shape index (κ2) is 17.9. The molecule has 0 aromatic heterocycles. The minimum atomic E-state index is -3.98. The molecule has 29 heavy (non-hydrogen) atoms. The van der Waals surface area contributed by atoms with Crippen LogP contribution in [0.1, 0.15) is 84.5 Å². The summed E-state index contributed by atoms with van der Waals surface area (Å²) in [5.41, 5.74) is 4.44. The van der Waals surface area contributed by atoms with Crippen molar-refractivity contribution in [1.82, 2.24) is 0 Å². The molecule has 0 amide bonds. The molecule has 0 heterocycles. The molecule has 0 fully saturated rings. The third kappa shape index (κ3) is 16.6. The summed E-state index contributed by atoms with van der Waals surface area (Å²) in [5.74, 6) is 0. The van der Waals surface area contributed by atoms with Crippen LogP contribution in [-0.4, -0.2) is 54.1 Å². The average molecular weight is 458 g/mol. The lowest BCUT2D eigenvalue weighted by Crippen LogP contribution is -2.24. The summed E-state index contributed by atoms with van der Waals surface area (Å²) in [6.45, 7) is 4.88. The maximum absolute atomic E-state index is 12.9. The number of hydrogen-bond acceptors (Lipinski definition) is 5. The number of unbranched alkanes of at least 4 members (excludes halogenated alkanes) is 9. The smallest absolute Gasteiger partial charge is 0.329 e. The summed E-state index contributed by atoms with van der Waals surface area (Å²) < 4.78 is 35.8. The second-order valence-electron chi connectivity index (χ2n) is 7.83. The molecule has 0 spiro atoms. The van der Waals surface area contributed by atoms with Crippen LogP contribution in [0.2, 0.25) is 0 Å². The van der Waals surface area contributed by atoms with Gasteiger partial charge in [0.25, 0.3) is 0 Å². The highest BCUT2D eigenvalue weighted by Gasteiger charge is 2.37. The highest BCUT2D eigenvalue weighted by Crippen LogP contribution is 2.54. The Kier molecular flexibility index (Phi) is 18.1. The Bertz CT molecular complexity index is 478. The summed E-state index contributed by atoms with van der Waals surface area (Å²) in [4.78, 5) is 20.6. The number of nitrogens with two attached hydrogens (primary N) is 1. The Morgan fingerprint density at radius 3 is 1.97 bits per heavy atom. The minimum absolute atomic E-state index is 0.00817. The first-order chi connectivity index (χ1) is 13.8. The normalized spacial score (nSPS) is 17.0. The van der Waals surface area contributed by atoms with Crippen LogP contribution >= 0.6 is 15.0 Å². The maximum Gasteiger partial charge on any atom is 0.329 e. The van der Waals surface area contributed by atoms with E-state index in [-0.39, 0.29) is 32.1 Å². The number of hydrogen-bond donors (Lipinski definition) is 3. The first-order valence-electron chi connectivity index (χ1n) is 11.3. The van der Waals surface area contributed by atoms with Gasteiger partial charge in [-0.2, -0.15) is 0 Å². The van der Waals surface area contributed by atoms with Crippen LogP contribution in [0.5, 0.6) is 0 Å². The molecule has 0 aliphatic carbocycles. The molecule has 3 atom stereocenters. The van der Waals surface area contributed by atoms with E-state index in [1.165, 1.54) is 19.3 Å². The molecule has 0 aromatic carbocycles. The van der Waals surface area contributed by atoms with Crippen molar-refractivity contribution in [3.8, 4) is 0 Å². The van der Waals surface area contributed by atoms with Gasteiger partial charge >= 0.3 is 7.60 Å². The molecular weight excluding hydrogens is 412 g/mol. The van der Waals surface area contributed by atoms with Crippen molar-refractivity contribution in [2.24, 2.45) is 5.73 Å². The van der Waals surface area contributed by atoms with Crippen LogP contribution in [0.25, 0.3) is 0 Å². The fraction of sp³-hybridized carbons (Fsp3) is 1.00. The Hall–Kier alpha value is 0.260. The molecule has 0 aliphatic heterocycles. The van der Waals surface area contributed by atoms with Gasteiger partial charge in [0.1, 0.15) is 0 Å². The van der Waals surface area contributed by atoms with Crippen LogP contribution in [-0.2, 0) is 18.4 Å². The topological polar surface area (TPSA) is 119 Å². The van der Waals surface area contributed by atoms with Gasteiger partial charge in [-0.05, 0) is 12.8 Å². The number of ether oxygens (including phenoxy) is 1. The summed E-state index contributed by atoms with van der Waals surface area (Å²) in [6.07, 6.45) is 11.4.